The van der Waals surface area contributed by atoms with Gasteiger partial charge in [0.15, 0.2) is 11.5 Å². The van der Waals surface area contributed by atoms with Crippen molar-refractivity contribution in [2.45, 2.75) is 25.4 Å². The van der Waals surface area contributed by atoms with Gasteiger partial charge in [-0.1, -0.05) is 0 Å². The number of benzene rings is 1. The van der Waals surface area contributed by atoms with Crippen LogP contribution in [0.1, 0.15) is 19.3 Å². The summed E-state index contributed by atoms with van der Waals surface area (Å²) in [5.74, 6) is 3.19. The number of aromatic nitrogens is 3. The number of nitrogens with one attached hydrogen (secondary N) is 2. The summed E-state index contributed by atoms with van der Waals surface area (Å²) in [5.41, 5.74) is 1.70. The lowest BCUT2D eigenvalue weighted by Gasteiger charge is -2.32. The molecule has 1 aromatic carbocycles. The highest BCUT2D eigenvalue weighted by Gasteiger charge is 2.18. The van der Waals surface area contributed by atoms with E-state index >= 15 is 0 Å². The first kappa shape index (κ1) is 18.9. The zero-order valence-electron chi connectivity index (χ0n) is 17.1. The number of ether oxygens (including phenoxy) is 2. The molecule has 2 aliphatic rings. The van der Waals surface area contributed by atoms with Gasteiger partial charge in [0, 0.05) is 30.2 Å². The maximum absolute atomic E-state index is 6.18. The molecule has 0 bridgehead atoms. The van der Waals surface area contributed by atoms with Crippen molar-refractivity contribution in [3.05, 3.63) is 36.8 Å². The van der Waals surface area contributed by atoms with Gasteiger partial charge in [0.05, 0.1) is 18.8 Å². The van der Waals surface area contributed by atoms with E-state index in [1.54, 1.807) is 13.4 Å². The van der Waals surface area contributed by atoms with Crippen molar-refractivity contribution in [2.24, 2.45) is 0 Å². The first-order valence-electron chi connectivity index (χ1n) is 10.5. The molecule has 8 heteroatoms. The number of nitrogens with zero attached hydrogens (tertiary/aromatic N) is 4. The number of piperidine rings is 1. The lowest BCUT2D eigenvalue weighted by atomic mass is 10.1. The quantitative estimate of drug-likeness (QED) is 0.646. The van der Waals surface area contributed by atoms with E-state index in [9.17, 15) is 0 Å². The molecule has 0 amide bonds. The number of pyridine rings is 1. The number of rotatable bonds is 6. The van der Waals surface area contributed by atoms with Gasteiger partial charge < -0.3 is 25.0 Å². The summed E-state index contributed by atoms with van der Waals surface area (Å²) in [7, 11) is 1.67. The van der Waals surface area contributed by atoms with E-state index in [0.29, 0.717) is 5.75 Å². The predicted octanol–water partition coefficient (Wildman–Crippen LogP) is 3.12. The fraction of sp³-hybridized carbons (Fsp3) is 0.409. The van der Waals surface area contributed by atoms with Crippen molar-refractivity contribution in [1.82, 2.24) is 20.3 Å². The van der Waals surface area contributed by atoms with Crippen molar-refractivity contribution in [2.75, 3.05) is 43.5 Å². The van der Waals surface area contributed by atoms with E-state index in [4.69, 9.17) is 9.47 Å². The van der Waals surface area contributed by atoms with Gasteiger partial charge in [-0.05, 0) is 50.6 Å². The van der Waals surface area contributed by atoms with E-state index in [1.165, 1.54) is 6.42 Å². The Bertz CT molecular complexity index is 1030. The first-order valence-corrected chi connectivity index (χ1v) is 10.5. The monoisotopic (exact) mass is 406 g/mol. The van der Waals surface area contributed by atoms with Gasteiger partial charge in [0.2, 0.25) is 0 Å². The average Bonchev–Trinajstić information content (AvgIpc) is 2.75. The van der Waals surface area contributed by atoms with Gasteiger partial charge in [0.1, 0.15) is 24.1 Å². The molecule has 0 radical (unpaired) electrons. The molecule has 2 saturated heterocycles. The third kappa shape index (κ3) is 3.82. The molecular weight excluding hydrogens is 380 g/mol. The Morgan fingerprint density at radius 3 is 2.70 bits per heavy atom. The van der Waals surface area contributed by atoms with Gasteiger partial charge in [-0.2, -0.15) is 0 Å². The smallest absolute Gasteiger partial charge is 0.162 e. The summed E-state index contributed by atoms with van der Waals surface area (Å²) in [4.78, 5) is 15.6. The summed E-state index contributed by atoms with van der Waals surface area (Å²) in [6.45, 7) is 4.07. The summed E-state index contributed by atoms with van der Waals surface area (Å²) < 4.78 is 11.8. The highest BCUT2D eigenvalue weighted by molar-refractivity contribution is 5.92. The fourth-order valence-electron chi connectivity index (χ4n) is 3.84. The molecule has 2 N–H and O–H groups in total. The maximum atomic E-state index is 6.18. The molecule has 5 rings (SSSR count). The predicted molar refractivity (Wildman–Crippen MR) is 117 cm³/mol. The van der Waals surface area contributed by atoms with Gasteiger partial charge in [0.25, 0.3) is 0 Å². The number of methoxy groups -OCH3 is 1. The van der Waals surface area contributed by atoms with E-state index in [1.807, 2.05) is 24.4 Å². The van der Waals surface area contributed by atoms with Crippen LogP contribution in [-0.4, -0.2) is 54.3 Å². The molecule has 0 spiro atoms. The fourth-order valence-corrected chi connectivity index (χ4v) is 3.84. The lowest BCUT2D eigenvalue weighted by molar-refractivity contribution is 0.157. The summed E-state index contributed by atoms with van der Waals surface area (Å²) in [6, 6.07) is 7.95. The number of hydrogen-bond donors (Lipinski definition) is 2. The molecule has 2 fully saturated rings. The molecule has 8 nitrogen and oxygen atoms in total. The second-order valence-corrected chi connectivity index (χ2v) is 7.68. The van der Waals surface area contributed by atoms with Crippen molar-refractivity contribution >= 4 is 28.2 Å². The molecule has 156 valence electrons. The molecule has 3 aromatic rings. The normalized spacial score (nSPS) is 16.9. The molecular formula is C22H26N6O2. The molecule has 0 aliphatic carbocycles. The van der Waals surface area contributed by atoms with Crippen LogP contribution in [0.15, 0.2) is 36.8 Å². The van der Waals surface area contributed by atoms with Crippen LogP contribution in [0.2, 0.25) is 0 Å². The Balaban J connectivity index is 1.40. The Hall–Kier alpha value is -3.13. The largest absolute Gasteiger partial charge is 0.493 e. The first-order chi connectivity index (χ1) is 14.8. The van der Waals surface area contributed by atoms with Crippen molar-refractivity contribution < 1.29 is 9.47 Å². The van der Waals surface area contributed by atoms with Gasteiger partial charge in [-0.25, -0.2) is 15.0 Å². The minimum absolute atomic E-state index is 0.220. The molecule has 0 unspecified atom stereocenters. The van der Waals surface area contributed by atoms with Crippen molar-refractivity contribution in [3.63, 3.8) is 0 Å². The third-order valence-corrected chi connectivity index (χ3v) is 5.69. The van der Waals surface area contributed by atoms with Crippen LogP contribution in [0.4, 0.5) is 17.3 Å². The molecule has 4 heterocycles. The van der Waals surface area contributed by atoms with E-state index in [-0.39, 0.29) is 6.10 Å². The minimum atomic E-state index is 0.220. The van der Waals surface area contributed by atoms with Gasteiger partial charge >= 0.3 is 0 Å². The molecule has 2 aromatic heterocycles. The SMILES string of the molecule is COc1cc(Nc2ncnc3cnc(N4CCC4)cc23)ccc1OC1CCNCC1. The van der Waals surface area contributed by atoms with Crippen LogP contribution >= 0.6 is 0 Å². The standard InChI is InChI=1S/C22H26N6O2/c1-29-20-11-15(3-4-19(20)30-16-5-7-23-8-6-16)27-22-17-12-21(28-9-2-10-28)24-13-18(17)25-14-26-22/h3-4,11-14,16,23H,2,5-10H2,1H3,(H,25,26,27). The van der Waals surface area contributed by atoms with Crippen LogP contribution < -0.4 is 25.0 Å². The van der Waals surface area contributed by atoms with Crippen LogP contribution in [-0.2, 0) is 0 Å². The second-order valence-electron chi connectivity index (χ2n) is 7.68. The Morgan fingerprint density at radius 1 is 1.07 bits per heavy atom. The highest BCUT2D eigenvalue weighted by atomic mass is 16.5. The lowest BCUT2D eigenvalue weighted by Crippen LogP contribution is -2.37. The zero-order valence-corrected chi connectivity index (χ0v) is 17.1. The number of hydrogen-bond acceptors (Lipinski definition) is 8. The van der Waals surface area contributed by atoms with E-state index in [2.05, 4.69) is 36.6 Å². The van der Waals surface area contributed by atoms with Gasteiger partial charge in [-0.15, -0.1) is 0 Å². The highest BCUT2D eigenvalue weighted by Crippen LogP contribution is 2.34. The van der Waals surface area contributed by atoms with Crippen LogP contribution in [0.3, 0.4) is 0 Å². The van der Waals surface area contributed by atoms with E-state index in [0.717, 1.165) is 73.0 Å². The second kappa shape index (κ2) is 8.31. The van der Waals surface area contributed by atoms with Crippen LogP contribution in [0.5, 0.6) is 11.5 Å². The Morgan fingerprint density at radius 2 is 1.93 bits per heavy atom. The Kier molecular flexibility index (Phi) is 5.23. The summed E-state index contributed by atoms with van der Waals surface area (Å²) in [6.07, 6.45) is 6.81. The summed E-state index contributed by atoms with van der Waals surface area (Å²) in [5, 5.41) is 7.72. The molecule has 2 aliphatic heterocycles. The molecule has 0 saturated carbocycles. The van der Waals surface area contributed by atoms with Crippen LogP contribution in [0, 0.1) is 0 Å². The average molecular weight is 406 g/mol. The summed E-state index contributed by atoms with van der Waals surface area (Å²) >= 11 is 0. The zero-order chi connectivity index (χ0) is 20.3. The third-order valence-electron chi connectivity index (χ3n) is 5.69. The molecule has 30 heavy (non-hydrogen) atoms. The van der Waals surface area contributed by atoms with Crippen molar-refractivity contribution in [1.29, 1.82) is 0 Å². The van der Waals surface area contributed by atoms with Crippen LogP contribution in [0.25, 0.3) is 10.9 Å². The minimum Gasteiger partial charge on any atom is -0.493 e. The topological polar surface area (TPSA) is 84.4 Å². The number of anilines is 3. The maximum Gasteiger partial charge on any atom is 0.162 e. The number of fused-ring (bicyclic) bond motifs is 1. The van der Waals surface area contributed by atoms with Gasteiger partial charge in [-0.3, -0.25) is 0 Å². The van der Waals surface area contributed by atoms with E-state index < -0.39 is 0 Å². The molecule has 0 atom stereocenters. The van der Waals surface area contributed by atoms with Crippen molar-refractivity contribution in [3.8, 4) is 11.5 Å². The Labute approximate surface area is 175 Å².